The first-order chi connectivity index (χ1) is 10.6. The van der Waals surface area contributed by atoms with Crippen LogP contribution in [-0.4, -0.2) is 54.7 Å². The summed E-state index contributed by atoms with van der Waals surface area (Å²) in [6.07, 6.45) is 5.82. The van der Waals surface area contributed by atoms with Gasteiger partial charge in [0, 0.05) is 33.9 Å². The molecule has 1 amide bonds. The van der Waals surface area contributed by atoms with E-state index in [-0.39, 0.29) is 11.3 Å². The lowest BCUT2D eigenvalue weighted by Gasteiger charge is -2.31. The van der Waals surface area contributed by atoms with Crippen LogP contribution in [0.2, 0.25) is 0 Å². The van der Waals surface area contributed by atoms with E-state index >= 15 is 0 Å². The van der Waals surface area contributed by atoms with E-state index < -0.39 is 0 Å². The zero-order chi connectivity index (χ0) is 16.0. The van der Waals surface area contributed by atoms with Crippen LogP contribution in [0, 0.1) is 5.41 Å². The molecular formula is C15H26N6O. The smallest absolute Gasteiger partial charge is 0.230 e. The molecule has 1 fully saturated rings. The number of H-pyrrole nitrogens is 1. The fourth-order valence-electron chi connectivity index (χ4n) is 3.03. The third-order valence-corrected chi connectivity index (χ3v) is 4.24. The van der Waals surface area contributed by atoms with Gasteiger partial charge in [-0.2, -0.15) is 5.10 Å². The van der Waals surface area contributed by atoms with Crippen LogP contribution in [-0.2, 0) is 11.3 Å². The predicted molar refractivity (Wildman–Crippen MR) is 86.4 cm³/mol. The van der Waals surface area contributed by atoms with E-state index in [1.807, 2.05) is 20.2 Å². The van der Waals surface area contributed by atoms with E-state index in [9.17, 15) is 4.79 Å². The number of amides is 1. The summed E-state index contributed by atoms with van der Waals surface area (Å²) in [5.74, 6) is 0.911. The molecule has 0 aliphatic heterocycles. The zero-order valence-corrected chi connectivity index (χ0v) is 13.6. The summed E-state index contributed by atoms with van der Waals surface area (Å²) in [6, 6.07) is 1.91. The monoisotopic (exact) mass is 306 g/mol. The van der Waals surface area contributed by atoms with Crippen LogP contribution in [0.3, 0.4) is 0 Å². The SMILES string of the molecule is CN=C(NCc1ccn[nH]1)NCC1(C(=O)N(C)C)CCCC1. The van der Waals surface area contributed by atoms with Crippen molar-refractivity contribution in [3.63, 3.8) is 0 Å². The van der Waals surface area contributed by atoms with E-state index in [0.717, 1.165) is 31.4 Å². The molecule has 0 atom stereocenters. The number of rotatable bonds is 5. The molecule has 7 nitrogen and oxygen atoms in total. The minimum atomic E-state index is -0.297. The Morgan fingerprint density at radius 2 is 2.14 bits per heavy atom. The lowest BCUT2D eigenvalue weighted by atomic mass is 9.84. The minimum absolute atomic E-state index is 0.210. The number of nitrogens with one attached hydrogen (secondary N) is 3. The van der Waals surface area contributed by atoms with Crippen LogP contribution in [0.1, 0.15) is 31.4 Å². The summed E-state index contributed by atoms with van der Waals surface area (Å²) in [5, 5.41) is 13.3. The molecule has 1 aromatic rings. The maximum Gasteiger partial charge on any atom is 0.230 e. The molecule has 0 unspecified atom stereocenters. The second-order valence-corrected chi connectivity index (χ2v) is 6.05. The Hall–Kier alpha value is -2.05. The number of carbonyl (C=O) groups is 1. The van der Waals surface area contributed by atoms with Crippen LogP contribution in [0.4, 0.5) is 0 Å². The third kappa shape index (κ3) is 3.78. The van der Waals surface area contributed by atoms with Crippen LogP contribution in [0.25, 0.3) is 0 Å². The first kappa shape index (κ1) is 16.3. The maximum absolute atomic E-state index is 12.5. The van der Waals surface area contributed by atoms with Gasteiger partial charge in [-0.1, -0.05) is 12.8 Å². The fourth-order valence-corrected chi connectivity index (χ4v) is 3.03. The van der Waals surface area contributed by atoms with Gasteiger partial charge in [0.1, 0.15) is 0 Å². The number of aromatic nitrogens is 2. The Morgan fingerprint density at radius 3 is 2.68 bits per heavy atom. The lowest BCUT2D eigenvalue weighted by Crippen LogP contribution is -2.49. The predicted octanol–water partition coefficient (Wildman–Crippen LogP) is 0.723. The van der Waals surface area contributed by atoms with Crippen molar-refractivity contribution in [3.8, 4) is 0 Å². The Balaban J connectivity index is 1.91. The van der Waals surface area contributed by atoms with Crippen molar-refractivity contribution in [2.75, 3.05) is 27.7 Å². The molecule has 7 heteroatoms. The molecule has 0 saturated heterocycles. The highest BCUT2D eigenvalue weighted by Crippen LogP contribution is 2.38. The summed E-state index contributed by atoms with van der Waals surface area (Å²) >= 11 is 0. The fraction of sp³-hybridized carbons (Fsp3) is 0.667. The molecule has 0 radical (unpaired) electrons. The summed E-state index contributed by atoms with van der Waals surface area (Å²) in [6.45, 7) is 1.24. The van der Waals surface area contributed by atoms with E-state index in [2.05, 4.69) is 25.8 Å². The summed E-state index contributed by atoms with van der Waals surface area (Å²) in [4.78, 5) is 18.4. The second-order valence-electron chi connectivity index (χ2n) is 6.05. The Bertz CT molecular complexity index is 502. The van der Waals surface area contributed by atoms with Gasteiger partial charge in [0.2, 0.25) is 5.91 Å². The van der Waals surface area contributed by atoms with Crippen LogP contribution < -0.4 is 10.6 Å². The Morgan fingerprint density at radius 1 is 1.41 bits per heavy atom. The van der Waals surface area contributed by atoms with Gasteiger partial charge < -0.3 is 15.5 Å². The first-order valence-corrected chi connectivity index (χ1v) is 7.72. The van der Waals surface area contributed by atoms with Gasteiger partial charge >= 0.3 is 0 Å². The average molecular weight is 306 g/mol. The first-order valence-electron chi connectivity index (χ1n) is 7.72. The molecule has 1 aliphatic rings. The summed E-state index contributed by atoms with van der Waals surface area (Å²) in [7, 11) is 5.39. The van der Waals surface area contributed by atoms with E-state index in [0.29, 0.717) is 19.0 Å². The van der Waals surface area contributed by atoms with Crippen molar-refractivity contribution in [2.24, 2.45) is 10.4 Å². The molecule has 3 N–H and O–H groups in total. The molecule has 1 aromatic heterocycles. The van der Waals surface area contributed by atoms with E-state index in [4.69, 9.17) is 0 Å². The normalized spacial score (nSPS) is 17.3. The third-order valence-electron chi connectivity index (χ3n) is 4.24. The zero-order valence-electron chi connectivity index (χ0n) is 13.6. The number of nitrogens with zero attached hydrogens (tertiary/aromatic N) is 3. The van der Waals surface area contributed by atoms with Gasteiger partial charge in [-0.3, -0.25) is 14.9 Å². The van der Waals surface area contributed by atoms with Gasteiger partial charge in [-0.25, -0.2) is 0 Å². The molecular weight excluding hydrogens is 280 g/mol. The minimum Gasteiger partial charge on any atom is -0.355 e. The number of hydrogen-bond donors (Lipinski definition) is 3. The van der Waals surface area contributed by atoms with Crippen LogP contribution in [0.5, 0.6) is 0 Å². The average Bonchev–Trinajstić information content (AvgIpc) is 3.18. The van der Waals surface area contributed by atoms with Gasteiger partial charge in [0.25, 0.3) is 0 Å². The summed E-state index contributed by atoms with van der Waals surface area (Å²) in [5.41, 5.74) is 0.692. The molecule has 0 spiro atoms. The van der Waals surface area contributed by atoms with Crippen molar-refractivity contribution in [2.45, 2.75) is 32.2 Å². The van der Waals surface area contributed by atoms with E-state index in [1.165, 1.54) is 0 Å². The highest BCUT2D eigenvalue weighted by atomic mass is 16.2. The second kappa shape index (κ2) is 7.29. The molecule has 22 heavy (non-hydrogen) atoms. The molecule has 1 saturated carbocycles. The van der Waals surface area contributed by atoms with Crippen molar-refractivity contribution in [1.82, 2.24) is 25.7 Å². The van der Waals surface area contributed by atoms with Crippen molar-refractivity contribution in [1.29, 1.82) is 0 Å². The highest BCUT2D eigenvalue weighted by Gasteiger charge is 2.42. The molecule has 1 heterocycles. The molecule has 0 bridgehead atoms. The quantitative estimate of drug-likeness (QED) is 0.553. The molecule has 122 valence electrons. The Labute approximate surface area is 131 Å². The molecule has 0 aromatic carbocycles. The van der Waals surface area contributed by atoms with E-state index in [1.54, 1.807) is 18.1 Å². The lowest BCUT2D eigenvalue weighted by molar-refractivity contribution is -0.138. The Kier molecular flexibility index (Phi) is 5.41. The molecule has 1 aliphatic carbocycles. The maximum atomic E-state index is 12.5. The molecule has 2 rings (SSSR count). The van der Waals surface area contributed by atoms with Gasteiger partial charge in [0.05, 0.1) is 17.7 Å². The largest absolute Gasteiger partial charge is 0.355 e. The van der Waals surface area contributed by atoms with Gasteiger partial charge in [-0.05, 0) is 18.9 Å². The number of carbonyl (C=O) groups excluding carboxylic acids is 1. The van der Waals surface area contributed by atoms with Crippen LogP contribution in [0.15, 0.2) is 17.3 Å². The van der Waals surface area contributed by atoms with Gasteiger partial charge in [0.15, 0.2) is 5.96 Å². The van der Waals surface area contributed by atoms with Crippen molar-refractivity contribution >= 4 is 11.9 Å². The number of aliphatic imine (C=N–C) groups is 1. The van der Waals surface area contributed by atoms with Crippen LogP contribution >= 0.6 is 0 Å². The van der Waals surface area contributed by atoms with Crippen molar-refractivity contribution in [3.05, 3.63) is 18.0 Å². The highest BCUT2D eigenvalue weighted by molar-refractivity contribution is 5.85. The standard InChI is InChI=1S/C15H26N6O/c1-16-14(17-10-12-6-9-19-20-12)18-11-15(7-4-5-8-15)13(22)21(2)3/h6,9H,4-5,7-8,10-11H2,1-3H3,(H,19,20)(H2,16,17,18). The van der Waals surface area contributed by atoms with Gasteiger partial charge in [-0.15, -0.1) is 0 Å². The number of aromatic amines is 1. The summed E-state index contributed by atoms with van der Waals surface area (Å²) < 4.78 is 0. The van der Waals surface area contributed by atoms with Crippen molar-refractivity contribution < 1.29 is 4.79 Å². The topological polar surface area (TPSA) is 85.4 Å². The number of guanidine groups is 1. The number of hydrogen-bond acceptors (Lipinski definition) is 3.